The maximum absolute atomic E-state index is 12.4. The van der Waals surface area contributed by atoms with Crippen LogP contribution in [-0.4, -0.2) is 29.9 Å². The highest BCUT2D eigenvalue weighted by Crippen LogP contribution is 2.28. The average molecular weight is 533 g/mol. The van der Waals surface area contributed by atoms with Gasteiger partial charge in [0.25, 0.3) is 11.1 Å². The van der Waals surface area contributed by atoms with E-state index in [4.69, 9.17) is 4.74 Å². The predicted octanol–water partition coefficient (Wildman–Crippen LogP) is 4.14. The quantitative estimate of drug-likeness (QED) is 0.358. The Morgan fingerprint density at radius 2 is 2.00 bits per heavy atom. The molecule has 0 saturated carbocycles. The fraction of sp³-hybridized carbons (Fsp3) is 0.143. The van der Waals surface area contributed by atoms with Crippen molar-refractivity contribution in [3.63, 3.8) is 0 Å². The van der Waals surface area contributed by atoms with Gasteiger partial charge in [0, 0.05) is 17.8 Å². The highest BCUT2D eigenvalue weighted by molar-refractivity contribution is 9.10. The number of aromatic nitrogens is 2. The highest BCUT2D eigenvalue weighted by atomic mass is 79.9. The minimum Gasteiger partial charge on any atom is -0.488 e. The van der Waals surface area contributed by atoms with Crippen LogP contribution >= 0.6 is 27.5 Å². The lowest BCUT2D eigenvalue weighted by Crippen LogP contribution is -2.13. The van der Waals surface area contributed by atoms with Gasteiger partial charge in [0.05, 0.1) is 4.47 Å². The lowest BCUT2D eigenvalue weighted by Gasteiger charge is -2.09. The molecule has 8 nitrogen and oxygen atoms in total. The molecule has 11 heteroatoms. The highest BCUT2D eigenvalue weighted by Gasteiger charge is 2.17. The molecule has 0 fully saturated rings. The summed E-state index contributed by atoms with van der Waals surface area (Å²) in [6.45, 7) is 2.42. The fourth-order valence-corrected chi connectivity index (χ4v) is 4.41. The second-order valence-electron chi connectivity index (χ2n) is 6.74. The normalized spacial score (nSPS) is 11.6. The van der Waals surface area contributed by atoms with Crippen LogP contribution in [0.3, 0.4) is 0 Å². The number of ether oxygens (including phenoxy) is 1. The molecule has 32 heavy (non-hydrogen) atoms. The molecule has 2 aromatic carbocycles. The number of anilines is 1. The van der Waals surface area contributed by atoms with Crippen molar-refractivity contribution in [1.29, 1.82) is 5.26 Å². The number of halogens is 1. The Kier molecular flexibility index (Phi) is 7.40. The summed E-state index contributed by atoms with van der Waals surface area (Å²) in [5.41, 5.74) is 2.62. The minimum absolute atomic E-state index is 0.0161. The number of benzene rings is 2. The molecule has 0 spiro atoms. The molecule has 1 aromatic heterocycles. The topological polar surface area (TPSA) is 122 Å². The van der Waals surface area contributed by atoms with Gasteiger partial charge in [-0.3, -0.25) is 10.1 Å². The number of carbonyl (C=O) groups is 1. The number of carbonyl (C=O) groups excluding carboxylic acids is 1. The molecule has 0 bridgehead atoms. The van der Waals surface area contributed by atoms with Gasteiger partial charge in [-0.05, 0) is 52.2 Å². The summed E-state index contributed by atoms with van der Waals surface area (Å²) in [6, 6.07) is 15.0. The molecular formula is C21H17BrN4O4S2. The maximum Gasteiger partial charge on any atom is 0.268 e. The standard InChI is InChI=1S/C21H17BrN4O4S2/c1-13-3-5-14(6-4-13)12-30-18-8-7-15(10-17(18)22)9-16(11-23)19(27)24-20-25-21(26-31-20)32(2,28)29/h3-10H,12H2,1-2H3,(H,24,25,26,27)/b16-9-. The Morgan fingerprint density at radius 3 is 2.59 bits per heavy atom. The third kappa shape index (κ3) is 6.23. The lowest BCUT2D eigenvalue weighted by molar-refractivity contribution is -0.112. The fourth-order valence-electron chi connectivity index (χ4n) is 2.46. The van der Waals surface area contributed by atoms with Crippen molar-refractivity contribution in [2.24, 2.45) is 0 Å². The molecule has 0 aliphatic rings. The molecule has 0 aliphatic carbocycles. The van der Waals surface area contributed by atoms with E-state index in [1.54, 1.807) is 18.2 Å². The van der Waals surface area contributed by atoms with E-state index < -0.39 is 15.7 Å². The molecule has 3 aromatic rings. The van der Waals surface area contributed by atoms with Crippen molar-refractivity contribution in [2.75, 3.05) is 11.6 Å². The van der Waals surface area contributed by atoms with Gasteiger partial charge in [-0.2, -0.15) is 14.6 Å². The zero-order valence-electron chi connectivity index (χ0n) is 17.0. The van der Waals surface area contributed by atoms with Gasteiger partial charge < -0.3 is 4.74 Å². The summed E-state index contributed by atoms with van der Waals surface area (Å²) < 4.78 is 33.1. The van der Waals surface area contributed by atoms with E-state index in [0.717, 1.165) is 11.8 Å². The molecule has 1 heterocycles. The Hall–Kier alpha value is -3.07. The van der Waals surface area contributed by atoms with E-state index in [1.807, 2.05) is 37.3 Å². The number of hydrogen-bond donors (Lipinski definition) is 1. The van der Waals surface area contributed by atoms with Gasteiger partial charge in [-0.25, -0.2) is 8.42 Å². The number of rotatable bonds is 7. The van der Waals surface area contributed by atoms with Crippen molar-refractivity contribution in [2.45, 2.75) is 18.7 Å². The predicted molar refractivity (Wildman–Crippen MR) is 125 cm³/mol. The molecular weight excluding hydrogens is 516 g/mol. The maximum atomic E-state index is 12.4. The van der Waals surface area contributed by atoms with Gasteiger partial charge in [0.15, 0.2) is 0 Å². The molecule has 0 unspecified atom stereocenters. The first-order valence-corrected chi connectivity index (χ1v) is 12.6. The number of aryl methyl sites for hydroxylation is 1. The van der Waals surface area contributed by atoms with Crippen molar-refractivity contribution in [1.82, 2.24) is 9.36 Å². The van der Waals surface area contributed by atoms with Gasteiger partial charge in [0.2, 0.25) is 15.0 Å². The van der Waals surface area contributed by atoms with Crippen LogP contribution in [0.1, 0.15) is 16.7 Å². The monoisotopic (exact) mass is 532 g/mol. The summed E-state index contributed by atoms with van der Waals surface area (Å²) in [4.78, 5) is 16.1. The summed E-state index contributed by atoms with van der Waals surface area (Å²) in [6.07, 6.45) is 2.37. The largest absolute Gasteiger partial charge is 0.488 e. The number of hydrogen-bond acceptors (Lipinski definition) is 8. The van der Waals surface area contributed by atoms with Crippen LogP contribution in [0.2, 0.25) is 0 Å². The molecule has 0 saturated heterocycles. The van der Waals surface area contributed by atoms with Crippen LogP contribution < -0.4 is 10.1 Å². The second kappa shape index (κ2) is 10.0. The van der Waals surface area contributed by atoms with Crippen LogP contribution in [0.15, 0.2) is 57.7 Å². The minimum atomic E-state index is -3.59. The van der Waals surface area contributed by atoms with E-state index in [9.17, 15) is 18.5 Å². The van der Waals surface area contributed by atoms with Gasteiger partial charge in [0.1, 0.15) is 24.0 Å². The van der Waals surface area contributed by atoms with Crippen molar-refractivity contribution < 1.29 is 17.9 Å². The number of amides is 1. The SMILES string of the molecule is Cc1ccc(COc2ccc(/C=C(/C#N)C(=O)Nc3nc(S(C)(=O)=O)ns3)cc2Br)cc1. The van der Waals surface area contributed by atoms with E-state index in [0.29, 0.717) is 33.9 Å². The summed E-state index contributed by atoms with van der Waals surface area (Å²) in [5.74, 6) is -0.104. The lowest BCUT2D eigenvalue weighted by atomic mass is 10.1. The van der Waals surface area contributed by atoms with Gasteiger partial charge in [-0.1, -0.05) is 35.9 Å². The Balaban J connectivity index is 1.70. The summed E-state index contributed by atoms with van der Waals surface area (Å²) in [5, 5.41) is 11.4. The Labute approximate surface area is 197 Å². The molecule has 1 N–H and O–H groups in total. The molecule has 164 valence electrons. The third-order valence-corrected chi connectivity index (χ3v) is 6.32. The number of sulfone groups is 1. The number of nitrogens with zero attached hydrogens (tertiary/aromatic N) is 3. The molecule has 3 rings (SSSR count). The summed E-state index contributed by atoms with van der Waals surface area (Å²) in [7, 11) is -3.59. The van der Waals surface area contributed by atoms with E-state index >= 15 is 0 Å². The number of nitriles is 1. The summed E-state index contributed by atoms with van der Waals surface area (Å²) >= 11 is 4.16. The van der Waals surface area contributed by atoms with Crippen molar-refractivity contribution in [3.8, 4) is 11.8 Å². The van der Waals surface area contributed by atoms with Crippen LogP contribution in [0.5, 0.6) is 5.75 Å². The first kappa shape index (κ1) is 23.6. The third-order valence-electron chi connectivity index (χ3n) is 4.11. The van der Waals surface area contributed by atoms with Crippen LogP contribution in [0.4, 0.5) is 5.13 Å². The average Bonchev–Trinajstić information content (AvgIpc) is 3.21. The van der Waals surface area contributed by atoms with Crippen molar-refractivity contribution in [3.05, 3.63) is 69.2 Å². The van der Waals surface area contributed by atoms with Crippen LogP contribution in [0, 0.1) is 18.3 Å². The van der Waals surface area contributed by atoms with Crippen molar-refractivity contribution >= 4 is 54.4 Å². The smallest absolute Gasteiger partial charge is 0.268 e. The second-order valence-corrected chi connectivity index (χ2v) is 10.3. The Morgan fingerprint density at radius 1 is 1.28 bits per heavy atom. The van der Waals surface area contributed by atoms with Crippen LogP contribution in [-0.2, 0) is 21.2 Å². The molecule has 0 radical (unpaired) electrons. The van der Waals surface area contributed by atoms with E-state index in [2.05, 4.69) is 30.6 Å². The van der Waals surface area contributed by atoms with E-state index in [-0.39, 0.29) is 15.9 Å². The molecule has 0 aliphatic heterocycles. The van der Waals surface area contributed by atoms with E-state index in [1.165, 1.54) is 11.6 Å². The van der Waals surface area contributed by atoms with Gasteiger partial charge in [-0.15, -0.1) is 0 Å². The molecule has 1 amide bonds. The van der Waals surface area contributed by atoms with Crippen LogP contribution in [0.25, 0.3) is 6.08 Å². The van der Waals surface area contributed by atoms with Gasteiger partial charge >= 0.3 is 0 Å². The Bertz CT molecular complexity index is 1330. The first-order valence-electron chi connectivity index (χ1n) is 9.10. The number of nitrogens with one attached hydrogen (secondary N) is 1. The molecule has 0 atom stereocenters. The first-order chi connectivity index (χ1) is 15.2. The zero-order chi connectivity index (χ0) is 23.3. The zero-order valence-corrected chi connectivity index (χ0v) is 20.2.